The van der Waals surface area contributed by atoms with Gasteiger partial charge in [0.1, 0.15) is 0 Å². The van der Waals surface area contributed by atoms with Gasteiger partial charge in [0.05, 0.1) is 5.69 Å². The van der Waals surface area contributed by atoms with Crippen molar-refractivity contribution < 1.29 is 0 Å². The Hall–Kier alpha value is -2.24. The van der Waals surface area contributed by atoms with Gasteiger partial charge < -0.3 is 10.2 Å². The summed E-state index contributed by atoms with van der Waals surface area (Å²) in [4.78, 5) is 10.8. The Bertz CT molecular complexity index is 576. The van der Waals surface area contributed by atoms with Crippen LogP contribution in [0.5, 0.6) is 0 Å². The molecule has 6 nitrogen and oxygen atoms in total. The molecule has 3 rings (SSSR count). The first-order valence-electron chi connectivity index (χ1n) is 6.79. The minimum absolute atomic E-state index is 0.599. The third-order valence-electron chi connectivity index (χ3n) is 3.41. The molecule has 0 radical (unpaired) electrons. The van der Waals surface area contributed by atoms with E-state index in [1.54, 1.807) is 6.20 Å². The van der Waals surface area contributed by atoms with E-state index >= 15 is 0 Å². The molecule has 2 aromatic rings. The zero-order chi connectivity index (χ0) is 13.9. The smallest absolute Gasteiger partial charge is 0.222 e. The molecule has 0 aromatic carbocycles. The minimum atomic E-state index is 0.599. The lowest BCUT2D eigenvalue weighted by Gasteiger charge is -2.39. The van der Waals surface area contributed by atoms with Crippen LogP contribution in [0.25, 0.3) is 0 Å². The summed E-state index contributed by atoms with van der Waals surface area (Å²) in [7, 11) is 0. The SMILES string of the molecule is Cc1ccc(N2CC(CNc3nccc(C)n3)C2)nn1. The zero-order valence-electron chi connectivity index (χ0n) is 11.7. The molecule has 1 N–H and O–H groups in total. The number of rotatable bonds is 4. The van der Waals surface area contributed by atoms with E-state index in [-0.39, 0.29) is 0 Å². The lowest BCUT2D eigenvalue weighted by atomic mass is 10.0. The lowest BCUT2D eigenvalue weighted by Crippen LogP contribution is -2.50. The van der Waals surface area contributed by atoms with Gasteiger partial charge in [-0.15, -0.1) is 5.10 Å². The van der Waals surface area contributed by atoms with Gasteiger partial charge >= 0.3 is 0 Å². The van der Waals surface area contributed by atoms with Crippen molar-refractivity contribution in [2.45, 2.75) is 13.8 Å². The third kappa shape index (κ3) is 2.84. The maximum Gasteiger partial charge on any atom is 0.222 e. The van der Waals surface area contributed by atoms with Crippen molar-refractivity contribution in [3.05, 3.63) is 35.8 Å². The minimum Gasteiger partial charge on any atom is -0.354 e. The van der Waals surface area contributed by atoms with Crippen molar-refractivity contribution in [2.24, 2.45) is 5.92 Å². The topological polar surface area (TPSA) is 66.8 Å². The molecule has 20 heavy (non-hydrogen) atoms. The quantitative estimate of drug-likeness (QED) is 0.906. The van der Waals surface area contributed by atoms with Crippen molar-refractivity contribution in [3.8, 4) is 0 Å². The predicted molar refractivity (Wildman–Crippen MR) is 77.7 cm³/mol. The average molecular weight is 270 g/mol. The van der Waals surface area contributed by atoms with E-state index in [1.807, 2.05) is 32.0 Å². The Balaban J connectivity index is 1.48. The van der Waals surface area contributed by atoms with Gasteiger partial charge in [0, 0.05) is 37.4 Å². The van der Waals surface area contributed by atoms with Crippen LogP contribution in [0.1, 0.15) is 11.4 Å². The van der Waals surface area contributed by atoms with Gasteiger partial charge in [0.25, 0.3) is 0 Å². The summed E-state index contributed by atoms with van der Waals surface area (Å²) in [6, 6.07) is 5.91. The van der Waals surface area contributed by atoms with E-state index < -0.39 is 0 Å². The molecule has 6 heteroatoms. The highest BCUT2D eigenvalue weighted by Gasteiger charge is 2.27. The van der Waals surface area contributed by atoms with Crippen molar-refractivity contribution in [3.63, 3.8) is 0 Å². The third-order valence-corrected chi connectivity index (χ3v) is 3.41. The molecule has 1 fully saturated rings. The first-order chi connectivity index (χ1) is 9.70. The Morgan fingerprint density at radius 1 is 1.15 bits per heavy atom. The van der Waals surface area contributed by atoms with Crippen LogP contribution in [0.15, 0.2) is 24.4 Å². The molecule has 0 unspecified atom stereocenters. The molecule has 104 valence electrons. The largest absolute Gasteiger partial charge is 0.354 e. The number of hydrogen-bond donors (Lipinski definition) is 1. The van der Waals surface area contributed by atoms with Crippen LogP contribution in [0.4, 0.5) is 11.8 Å². The Labute approximate surface area is 118 Å². The number of nitrogens with one attached hydrogen (secondary N) is 1. The fraction of sp³-hybridized carbons (Fsp3) is 0.429. The second kappa shape index (κ2) is 5.40. The van der Waals surface area contributed by atoms with Crippen molar-refractivity contribution in [2.75, 3.05) is 29.9 Å². The van der Waals surface area contributed by atoms with Crippen LogP contribution in [0.2, 0.25) is 0 Å². The van der Waals surface area contributed by atoms with Gasteiger partial charge in [-0.2, -0.15) is 5.10 Å². The molecule has 1 aliphatic heterocycles. The van der Waals surface area contributed by atoms with Gasteiger partial charge in [0.15, 0.2) is 5.82 Å². The number of aromatic nitrogens is 4. The highest BCUT2D eigenvalue weighted by atomic mass is 15.3. The Morgan fingerprint density at radius 2 is 2.00 bits per heavy atom. The molecular formula is C14H18N6. The Morgan fingerprint density at radius 3 is 2.70 bits per heavy atom. The maximum atomic E-state index is 4.33. The Kier molecular flexibility index (Phi) is 3.45. The fourth-order valence-corrected chi connectivity index (χ4v) is 2.22. The van der Waals surface area contributed by atoms with Crippen LogP contribution in [0, 0.1) is 19.8 Å². The van der Waals surface area contributed by atoms with Gasteiger partial charge in [-0.05, 0) is 32.0 Å². The van der Waals surface area contributed by atoms with Gasteiger partial charge in [-0.3, -0.25) is 0 Å². The molecule has 1 aliphatic rings. The maximum absolute atomic E-state index is 4.33. The van der Waals surface area contributed by atoms with Crippen LogP contribution < -0.4 is 10.2 Å². The van der Waals surface area contributed by atoms with E-state index in [4.69, 9.17) is 0 Å². The molecule has 1 saturated heterocycles. The molecule has 0 atom stereocenters. The van der Waals surface area contributed by atoms with E-state index in [1.165, 1.54) is 0 Å². The highest BCUT2D eigenvalue weighted by molar-refractivity contribution is 5.41. The molecule has 0 amide bonds. The summed E-state index contributed by atoms with van der Waals surface area (Å²) in [6.07, 6.45) is 1.78. The normalized spacial score (nSPS) is 15.0. The van der Waals surface area contributed by atoms with E-state index in [0.29, 0.717) is 11.9 Å². The van der Waals surface area contributed by atoms with Crippen molar-refractivity contribution >= 4 is 11.8 Å². The average Bonchev–Trinajstić information content (AvgIpc) is 2.39. The van der Waals surface area contributed by atoms with Gasteiger partial charge in [-0.25, -0.2) is 9.97 Å². The summed E-state index contributed by atoms with van der Waals surface area (Å²) in [5.41, 5.74) is 1.93. The van der Waals surface area contributed by atoms with E-state index in [9.17, 15) is 0 Å². The van der Waals surface area contributed by atoms with E-state index in [2.05, 4.69) is 30.4 Å². The standard InChI is InChI=1S/C14H18N6/c1-10-5-6-15-14(17-10)16-7-12-8-20(9-12)13-4-3-11(2)18-19-13/h3-6,12H,7-9H2,1-2H3,(H,15,16,17). The highest BCUT2D eigenvalue weighted by Crippen LogP contribution is 2.22. The zero-order valence-corrected chi connectivity index (χ0v) is 11.7. The molecule has 0 spiro atoms. The molecular weight excluding hydrogens is 252 g/mol. The second-order valence-electron chi connectivity index (χ2n) is 5.21. The molecule has 3 heterocycles. The molecule has 2 aromatic heterocycles. The second-order valence-corrected chi connectivity index (χ2v) is 5.21. The van der Waals surface area contributed by atoms with Crippen LogP contribution in [-0.2, 0) is 0 Å². The first kappa shape index (κ1) is 12.8. The summed E-state index contributed by atoms with van der Waals surface area (Å²) in [6.45, 7) is 6.79. The van der Waals surface area contributed by atoms with Gasteiger partial charge in [-0.1, -0.05) is 0 Å². The molecule has 0 aliphatic carbocycles. The first-order valence-corrected chi connectivity index (χ1v) is 6.79. The number of hydrogen-bond acceptors (Lipinski definition) is 6. The summed E-state index contributed by atoms with van der Waals surface area (Å²) < 4.78 is 0. The van der Waals surface area contributed by atoms with Crippen LogP contribution >= 0.6 is 0 Å². The van der Waals surface area contributed by atoms with E-state index in [0.717, 1.165) is 36.8 Å². The van der Waals surface area contributed by atoms with Crippen molar-refractivity contribution in [1.29, 1.82) is 0 Å². The summed E-state index contributed by atoms with van der Waals surface area (Å²) in [5.74, 6) is 2.26. The number of nitrogens with zero attached hydrogens (tertiary/aromatic N) is 5. The molecule has 0 saturated carbocycles. The fourth-order valence-electron chi connectivity index (χ4n) is 2.22. The number of aryl methyl sites for hydroxylation is 2. The monoisotopic (exact) mass is 270 g/mol. The van der Waals surface area contributed by atoms with Crippen LogP contribution in [0.3, 0.4) is 0 Å². The van der Waals surface area contributed by atoms with Crippen LogP contribution in [-0.4, -0.2) is 39.8 Å². The van der Waals surface area contributed by atoms with Gasteiger partial charge in [0.2, 0.25) is 5.95 Å². The lowest BCUT2D eigenvalue weighted by molar-refractivity contribution is 0.424. The van der Waals surface area contributed by atoms with Crippen molar-refractivity contribution in [1.82, 2.24) is 20.2 Å². The molecule has 0 bridgehead atoms. The predicted octanol–water partition coefficient (Wildman–Crippen LogP) is 1.43. The summed E-state index contributed by atoms with van der Waals surface area (Å²) in [5, 5.41) is 11.6. The number of anilines is 2. The summed E-state index contributed by atoms with van der Waals surface area (Å²) >= 11 is 0.